The van der Waals surface area contributed by atoms with Crippen molar-refractivity contribution >= 4 is 20.0 Å². The Morgan fingerprint density at radius 2 is 1.09 bits per heavy atom. The summed E-state index contributed by atoms with van der Waals surface area (Å²) in [4.78, 5) is -0.697. The molecule has 0 spiro atoms. The second kappa shape index (κ2) is 5.84. The molecule has 0 radical (unpaired) electrons. The Balaban J connectivity index is 2.51. The molecular weight excluding hydrogens is 342 g/mol. The molecule has 0 amide bonds. The Bertz CT molecular complexity index is 885. The summed E-state index contributed by atoms with van der Waals surface area (Å²) < 4.78 is 50.9. The highest BCUT2D eigenvalue weighted by Gasteiger charge is 2.27. The Kier molecular flexibility index (Phi) is 4.38. The summed E-state index contributed by atoms with van der Waals surface area (Å²) >= 11 is 0. The second-order valence-corrected chi connectivity index (χ2v) is 8.55. The summed E-state index contributed by atoms with van der Waals surface area (Å²) in [6.45, 7) is 2.94. The molecule has 0 aliphatic carbocycles. The molecule has 0 fully saturated rings. The van der Waals surface area contributed by atoms with Gasteiger partial charge in [-0.3, -0.25) is 0 Å². The van der Waals surface area contributed by atoms with E-state index >= 15 is 0 Å². The summed E-state index contributed by atoms with van der Waals surface area (Å²) in [5, 5.41) is 18.8. The molecule has 2 rings (SSSR count). The number of aryl methyl sites for hydroxylation is 2. The zero-order chi connectivity index (χ0) is 17.4. The molecule has 9 heteroatoms. The van der Waals surface area contributed by atoms with Crippen molar-refractivity contribution in [2.75, 3.05) is 0 Å². The van der Waals surface area contributed by atoms with E-state index in [-0.39, 0.29) is 32.4 Å². The van der Waals surface area contributed by atoms with Crippen molar-refractivity contribution in [1.29, 1.82) is 0 Å². The van der Waals surface area contributed by atoms with Gasteiger partial charge in [-0.1, -0.05) is 12.1 Å². The van der Waals surface area contributed by atoms with Gasteiger partial charge < -0.3 is 10.2 Å². The van der Waals surface area contributed by atoms with Crippen LogP contribution in [0.15, 0.2) is 46.2 Å². The van der Waals surface area contributed by atoms with E-state index in [0.717, 1.165) is 12.1 Å². The van der Waals surface area contributed by atoms with Crippen LogP contribution >= 0.6 is 0 Å². The van der Waals surface area contributed by atoms with Crippen molar-refractivity contribution in [2.45, 2.75) is 23.6 Å². The zero-order valence-electron chi connectivity index (χ0n) is 12.3. The summed E-state index contributed by atoms with van der Waals surface area (Å²) in [5.41, 5.74) is 0.552. The van der Waals surface area contributed by atoms with E-state index in [1.165, 1.54) is 38.1 Å². The van der Waals surface area contributed by atoms with Crippen LogP contribution in [-0.2, 0) is 20.0 Å². The van der Waals surface area contributed by atoms with E-state index < -0.39 is 20.0 Å². The molecule has 2 aromatic carbocycles. The van der Waals surface area contributed by atoms with E-state index in [0.29, 0.717) is 0 Å². The summed E-state index contributed by atoms with van der Waals surface area (Å²) in [6.07, 6.45) is 0. The van der Waals surface area contributed by atoms with Crippen LogP contribution < -0.4 is 4.13 Å². The summed E-state index contributed by atoms with van der Waals surface area (Å²) in [6, 6.07) is 7.22. The molecule has 0 saturated heterocycles. The lowest BCUT2D eigenvalue weighted by molar-refractivity contribution is 0.472. The first-order chi connectivity index (χ1) is 10.5. The molecule has 124 valence electrons. The smallest absolute Gasteiger partial charge is 0.254 e. The fourth-order valence-electron chi connectivity index (χ4n) is 1.99. The largest absolute Gasteiger partial charge is 0.508 e. The number of benzene rings is 2. The molecule has 0 aliphatic heterocycles. The van der Waals surface area contributed by atoms with Crippen molar-refractivity contribution in [3.05, 3.63) is 47.5 Å². The van der Waals surface area contributed by atoms with Gasteiger partial charge in [-0.05, 0) is 37.1 Å². The Morgan fingerprint density at radius 3 is 1.43 bits per heavy atom. The van der Waals surface area contributed by atoms with Crippen molar-refractivity contribution in [1.82, 2.24) is 4.13 Å². The Morgan fingerprint density at radius 1 is 0.739 bits per heavy atom. The highest BCUT2D eigenvalue weighted by molar-refractivity contribution is 8.04. The van der Waals surface area contributed by atoms with Gasteiger partial charge >= 0.3 is 0 Å². The summed E-state index contributed by atoms with van der Waals surface area (Å²) in [7, 11) is -8.86. The van der Waals surface area contributed by atoms with Crippen LogP contribution in [0.2, 0.25) is 0 Å². The van der Waals surface area contributed by atoms with Crippen LogP contribution in [0.1, 0.15) is 11.1 Å². The molecule has 2 aromatic rings. The lowest BCUT2D eigenvalue weighted by Crippen LogP contribution is -2.31. The molecular formula is C14H15NO6S2. The van der Waals surface area contributed by atoms with Gasteiger partial charge in [0, 0.05) is 12.1 Å². The second-order valence-electron chi connectivity index (χ2n) is 4.99. The number of rotatable bonds is 4. The predicted molar refractivity (Wildman–Crippen MR) is 83.2 cm³/mol. The van der Waals surface area contributed by atoms with Crippen molar-refractivity contribution in [3.8, 4) is 11.5 Å². The molecule has 0 aromatic heterocycles. The van der Waals surface area contributed by atoms with Crippen LogP contribution in [0, 0.1) is 13.8 Å². The van der Waals surface area contributed by atoms with Gasteiger partial charge in [0.15, 0.2) is 0 Å². The van der Waals surface area contributed by atoms with Crippen LogP contribution in [0.3, 0.4) is 0 Å². The number of hydrogen-bond acceptors (Lipinski definition) is 6. The lowest BCUT2D eigenvalue weighted by Gasteiger charge is -2.12. The number of phenolic OH excluding ortho intramolecular Hbond substituents is 2. The minimum Gasteiger partial charge on any atom is -0.508 e. The van der Waals surface area contributed by atoms with Crippen molar-refractivity contribution in [2.24, 2.45) is 0 Å². The Hall–Kier alpha value is -2.10. The minimum atomic E-state index is -4.43. The molecule has 0 heterocycles. The first kappa shape index (κ1) is 17.3. The monoisotopic (exact) mass is 357 g/mol. The first-order valence-electron chi connectivity index (χ1n) is 6.41. The fourth-order valence-corrected chi connectivity index (χ4v) is 5.40. The zero-order valence-corrected chi connectivity index (χ0v) is 13.9. The normalized spacial score (nSPS) is 12.3. The average Bonchev–Trinajstić information content (AvgIpc) is 2.42. The minimum absolute atomic E-state index is 0.276. The number of sulfonamides is 2. The maximum atomic E-state index is 12.3. The topological polar surface area (TPSA) is 121 Å². The highest BCUT2D eigenvalue weighted by Crippen LogP contribution is 2.24. The van der Waals surface area contributed by atoms with Gasteiger partial charge in [0.25, 0.3) is 20.0 Å². The van der Waals surface area contributed by atoms with Gasteiger partial charge in [-0.15, -0.1) is 4.13 Å². The number of phenols is 2. The van der Waals surface area contributed by atoms with Crippen molar-refractivity contribution < 1.29 is 27.0 Å². The average molecular weight is 357 g/mol. The van der Waals surface area contributed by atoms with E-state index in [9.17, 15) is 27.0 Å². The van der Waals surface area contributed by atoms with Crippen LogP contribution in [0.25, 0.3) is 0 Å². The highest BCUT2D eigenvalue weighted by atomic mass is 32.3. The molecule has 3 N–H and O–H groups in total. The lowest BCUT2D eigenvalue weighted by atomic mass is 10.2. The van der Waals surface area contributed by atoms with Crippen LogP contribution in [0.5, 0.6) is 11.5 Å². The van der Waals surface area contributed by atoms with E-state index in [1.54, 1.807) is 4.13 Å². The quantitative estimate of drug-likeness (QED) is 0.760. The first-order valence-corrected chi connectivity index (χ1v) is 9.37. The van der Waals surface area contributed by atoms with Gasteiger partial charge in [0.2, 0.25) is 0 Å². The molecule has 7 nitrogen and oxygen atoms in total. The van der Waals surface area contributed by atoms with Gasteiger partial charge in [-0.25, -0.2) is 16.8 Å². The predicted octanol–water partition coefficient (Wildman–Crippen LogP) is 1.38. The number of aromatic hydroxyl groups is 2. The third-order valence-corrected chi connectivity index (χ3v) is 6.93. The number of nitrogens with one attached hydrogen (secondary N) is 1. The van der Waals surface area contributed by atoms with Gasteiger partial charge in [0.05, 0.1) is 9.79 Å². The van der Waals surface area contributed by atoms with Gasteiger partial charge in [0.1, 0.15) is 11.5 Å². The van der Waals surface area contributed by atoms with E-state index in [4.69, 9.17) is 0 Å². The molecule has 0 atom stereocenters. The fraction of sp³-hybridized carbons (Fsp3) is 0.143. The van der Waals surface area contributed by atoms with Crippen LogP contribution in [-0.4, -0.2) is 27.0 Å². The third kappa shape index (κ3) is 3.63. The maximum absolute atomic E-state index is 12.3. The molecule has 0 saturated carbocycles. The SMILES string of the molecule is Cc1ccc(O)cc1S(=O)(=O)NS(=O)(=O)c1cc(O)ccc1C. The molecule has 0 aliphatic rings. The van der Waals surface area contributed by atoms with E-state index in [1.807, 2.05) is 0 Å². The maximum Gasteiger partial charge on any atom is 0.254 e. The Labute approximate surface area is 134 Å². The third-order valence-electron chi connectivity index (χ3n) is 3.14. The van der Waals surface area contributed by atoms with E-state index in [2.05, 4.69) is 0 Å². The molecule has 0 unspecified atom stereocenters. The number of hydrogen-bond donors (Lipinski definition) is 3. The van der Waals surface area contributed by atoms with Crippen molar-refractivity contribution in [3.63, 3.8) is 0 Å². The van der Waals surface area contributed by atoms with Crippen LogP contribution in [0.4, 0.5) is 0 Å². The van der Waals surface area contributed by atoms with Gasteiger partial charge in [-0.2, -0.15) is 0 Å². The summed E-state index contributed by atoms with van der Waals surface area (Å²) in [5.74, 6) is -0.608. The standard InChI is InChI=1S/C14H15NO6S2/c1-9-3-5-11(16)7-13(9)22(18,19)15-23(20,21)14-8-12(17)6-4-10(14)2/h3-8,15-17H,1-2H3. The molecule has 0 bridgehead atoms. The molecule has 23 heavy (non-hydrogen) atoms.